The van der Waals surface area contributed by atoms with Gasteiger partial charge in [0.2, 0.25) is 0 Å². The van der Waals surface area contributed by atoms with Crippen molar-refractivity contribution in [2.24, 2.45) is 5.92 Å². The molecule has 6 heteroatoms. The Kier molecular flexibility index (Phi) is 4.87. The zero-order valence-electron chi connectivity index (χ0n) is 11.5. The van der Waals surface area contributed by atoms with Gasteiger partial charge in [-0.2, -0.15) is 0 Å². The number of hydrogen-bond acceptors (Lipinski definition) is 4. The van der Waals surface area contributed by atoms with Crippen molar-refractivity contribution in [3.05, 3.63) is 12.4 Å². The molecule has 1 aliphatic rings. The number of carboxylic acid groups (broad SMARTS) is 1. The maximum atomic E-state index is 10.6. The summed E-state index contributed by atoms with van der Waals surface area (Å²) in [7, 11) is 0. The van der Waals surface area contributed by atoms with Gasteiger partial charge in [-0.1, -0.05) is 11.8 Å². The van der Waals surface area contributed by atoms with E-state index in [9.17, 15) is 4.79 Å². The van der Waals surface area contributed by atoms with Crippen molar-refractivity contribution in [2.45, 2.75) is 38.0 Å². The number of rotatable bonds is 6. The van der Waals surface area contributed by atoms with Crippen molar-refractivity contribution in [2.75, 3.05) is 18.8 Å². The van der Waals surface area contributed by atoms with Crippen LogP contribution in [-0.4, -0.2) is 50.4 Å². The zero-order chi connectivity index (χ0) is 13.8. The fourth-order valence-electron chi connectivity index (χ4n) is 2.46. The summed E-state index contributed by atoms with van der Waals surface area (Å²) in [4.78, 5) is 17.3. The molecule has 0 radical (unpaired) electrons. The van der Waals surface area contributed by atoms with Crippen LogP contribution >= 0.6 is 11.8 Å². The molecule has 1 fully saturated rings. The number of hydrogen-bond donors (Lipinski definition) is 1. The molecule has 5 nitrogen and oxygen atoms in total. The summed E-state index contributed by atoms with van der Waals surface area (Å²) in [6.45, 7) is 7.68. The molecule has 1 aliphatic heterocycles. The van der Waals surface area contributed by atoms with Crippen LogP contribution < -0.4 is 0 Å². The van der Waals surface area contributed by atoms with Crippen LogP contribution in [0.15, 0.2) is 17.6 Å². The molecule has 1 N–H and O–H groups in total. The van der Waals surface area contributed by atoms with E-state index in [0.717, 1.165) is 24.8 Å². The Bertz CT molecular complexity index is 433. The summed E-state index contributed by atoms with van der Waals surface area (Å²) >= 11 is 1.29. The lowest BCUT2D eigenvalue weighted by Gasteiger charge is -2.20. The number of imidazole rings is 1. The first kappa shape index (κ1) is 14.4. The highest BCUT2D eigenvalue weighted by molar-refractivity contribution is 7.99. The quantitative estimate of drug-likeness (QED) is 0.807. The van der Waals surface area contributed by atoms with Crippen LogP contribution in [0.3, 0.4) is 0 Å². The van der Waals surface area contributed by atoms with Gasteiger partial charge in [0.05, 0.1) is 5.75 Å². The normalized spacial score (nSPS) is 20.3. The summed E-state index contributed by atoms with van der Waals surface area (Å²) in [5.41, 5.74) is 0. The molecule has 19 heavy (non-hydrogen) atoms. The van der Waals surface area contributed by atoms with E-state index in [4.69, 9.17) is 5.11 Å². The van der Waals surface area contributed by atoms with Gasteiger partial charge < -0.3 is 14.6 Å². The molecule has 0 bridgehead atoms. The maximum absolute atomic E-state index is 10.6. The SMILES string of the molecule is CC(C)N1CCC(Cn2ccnc2SCC(=O)O)C1. The fourth-order valence-corrected chi connectivity index (χ4v) is 3.15. The first-order valence-electron chi connectivity index (χ1n) is 6.66. The molecule has 0 saturated carbocycles. The van der Waals surface area contributed by atoms with Gasteiger partial charge in [-0.3, -0.25) is 4.79 Å². The van der Waals surface area contributed by atoms with Crippen molar-refractivity contribution in [1.82, 2.24) is 14.5 Å². The third-order valence-electron chi connectivity index (χ3n) is 3.50. The number of nitrogens with zero attached hydrogens (tertiary/aromatic N) is 3. The number of carbonyl (C=O) groups is 1. The van der Waals surface area contributed by atoms with Crippen molar-refractivity contribution in [1.29, 1.82) is 0 Å². The molecule has 2 rings (SSSR count). The summed E-state index contributed by atoms with van der Waals surface area (Å²) in [5, 5.41) is 9.53. The average Bonchev–Trinajstić information content (AvgIpc) is 2.96. The molecule has 1 atom stereocenters. The van der Waals surface area contributed by atoms with E-state index >= 15 is 0 Å². The van der Waals surface area contributed by atoms with Crippen LogP contribution in [0.1, 0.15) is 20.3 Å². The average molecular weight is 283 g/mol. The third-order valence-corrected chi connectivity index (χ3v) is 4.49. The molecule has 0 aliphatic carbocycles. The van der Waals surface area contributed by atoms with E-state index in [1.807, 2.05) is 6.20 Å². The second-order valence-electron chi connectivity index (χ2n) is 5.29. The number of aromatic nitrogens is 2. The van der Waals surface area contributed by atoms with E-state index in [1.54, 1.807) is 6.20 Å². The number of carboxylic acids is 1. The molecule has 0 amide bonds. The van der Waals surface area contributed by atoms with Crippen LogP contribution in [0.5, 0.6) is 0 Å². The van der Waals surface area contributed by atoms with E-state index in [2.05, 4.69) is 28.3 Å². The molecule has 1 saturated heterocycles. The summed E-state index contributed by atoms with van der Waals surface area (Å²) in [5.74, 6) is -0.0908. The number of thioether (sulfide) groups is 1. The topological polar surface area (TPSA) is 58.4 Å². The third kappa shape index (κ3) is 3.98. The van der Waals surface area contributed by atoms with E-state index in [1.165, 1.54) is 18.2 Å². The van der Waals surface area contributed by atoms with Crippen LogP contribution in [0, 0.1) is 5.92 Å². The van der Waals surface area contributed by atoms with Crippen molar-refractivity contribution in [3.63, 3.8) is 0 Å². The molecule has 0 spiro atoms. The van der Waals surface area contributed by atoms with E-state index in [0.29, 0.717) is 12.0 Å². The van der Waals surface area contributed by atoms with Crippen molar-refractivity contribution < 1.29 is 9.90 Å². The first-order valence-corrected chi connectivity index (χ1v) is 7.64. The molecular formula is C13H21N3O2S. The van der Waals surface area contributed by atoms with Gasteiger partial charge in [-0.05, 0) is 32.7 Å². The Morgan fingerprint density at radius 1 is 1.63 bits per heavy atom. The smallest absolute Gasteiger partial charge is 0.313 e. The summed E-state index contributed by atoms with van der Waals surface area (Å²) in [6, 6.07) is 0.605. The Morgan fingerprint density at radius 3 is 3.05 bits per heavy atom. The first-order chi connectivity index (χ1) is 9.06. The number of aliphatic carboxylic acids is 1. The highest BCUT2D eigenvalue weighted by Crippen LogP contribution is 2.23. The summed E-state index contributed by atoms with van der Waals surface area (Å²) in [6.07, 6.45) is 4.90. The van der Waals surface area contributed by atoms with Gasteiger partial charge in [0.1, 0.15) is 0 Å². The molecule has 106 valence electrons. The van der Waals surface area contributed by atoms with Crippen LogP contribution in [-0.2, 0) is 11.3 Å². The molecule has 2 heterocycles. The van der Waals surface area contributed by atoms with Crippen LogP contribution in [0.2, 0.25) is 0 Å². The lowest BCUT2D eigenvalue weighted by atomic mass is 10.1. The van der Waals surface area contributed by atoms with E-state index in [-0.39, 0.29) is 5.75 Å². The molecule has 0 aromatic carbocycles. The monoisotopic (exact) mass is 283 g/mol. The minimum absolute atomic E-state index is 0.0692. The highest BCUT2D eigenvalue weighted by atomic mass is 32.2. The zero-order valence-corrected chi connectivity index (χ0v) is 12.3. The molecule has 1 aromatic rings. The van der Waals surface area contributed by atoms with Gasteiger partial charge in [0.25, 0.3) is 0 Å². The maximum Gasteiger partial charge on any atom is 0.313 e. The predicted molar refractivity (Wildman–Crippen MR) is 75.4 cm³/mol. The lowest BCUT2D eigenvalue weighted by Crippen LogP contribution is -2.28. The van der Waals surface area contributed by atoms with Gasteiger partial charge >= 0.3 is 5.97 Å². The van der Waals surface area contributed by atoms with Gasteiger partial charge in [0.15, 0.2) is 5.16 Å². The van der Waals surface area contributed by atoms with E-state index < -0.39 is 5.97 Å². The number of likely N-dealkylation sites (tertiary alicyclic amines) is 1. The van der Waals surface area contributed by atoms with Gasteiger partial charge in [0, 0.05) is 31.5 Å². The Balaban J connectivity index is 1.89. The minimum atomic E-state index is -0.800. The van der Waals surface area contributed by atoms with Crippen molar-refractivity contribution in [3.8, 4) is 0 Å². The Morgan fingerprint density at radius 2 is 2.42 bits per heavy atom. The predicted octanol–water partition coefficient (Wildman–Crippen LogP) is 1.79. The second-order valence-corrected chi connectivity index (χ2v) is 6.23. The fraction of sp³-hybridized carbons (Fsp3) is 0.692. The van der Waals surface area contributed by atoms with Gasteiger partial charge in [-0.15, -0.1) is 0 Å². The largest absolute Gasteiger partial charge is 0.481 e. The highest BCUT2D eigenvalue weighted by Gasteiger charge is 2.24. The molecular weight excluding hydrogens is 262 g/mol. The second kappa shape index (κ2) is 6.43. The summed E-state index contributed by atoms with van der Waals surface area (Å²) < 4.78 is 2.09. The minimum Gasteiger partial charge on any atom is -0.481 e. The lowest BCUT2D eigenvalue weighted by molar-refractivity contribution is -0.133. The van der Waals surface area contributed by atoms with Crippen molar-refractivity contribution >= 4 is 17.7 Å². The molecule has 1 aromatic heterocycles. The standard InChI is InChI=1S/C13H21N3O2S/c1-10(2)15-5-3-11(7-15)8-16-6-4-14-13(16)19-9-12(17)18/h4,6,10-11H,3,5,7-9H2,1-2H3,(H,17,18). The Hall–Kier alpha value is -1.01. The Labute approximate surface area is 118 Å². The molecule has 1 unspecified atom stereocenters. The van der Waals surface area contributed by atoms with Gasteiger partial charge in [-0.25, -0.2) is 4.98 Å². The van der Waals surface area contributed by atoms with Crippen LogP contribution in [0.4, 0.5) is 0 Å². The van der Waals surface area contributed by atoms with Crippen LogP contribution in [0.25, 0.3) is 0 Å².